The standard InChI is InChI=1S/C10H16F3NO3/c1-4-14(5-2)8(15)7(10(11,12)13)9(16)17-6-3/h7H,4-6H2,1-3H3. The van der Waals surface area contributed by atoms with E-state index in [0.717, 1.165) is 4.90 Å². The van der Waals surface area contributed by atoms with E-state index in [9.17, 15) is 22.8 Å². The molecule has 1 amide bonds. The van der Waals surface area contributed by atoms with E-state index in [-0.39, 0.29) is 19.7 Å². The molecule has 0 saturated carbocycles. The summed E-state index contributed by atoms with van der Waals surface area (Å²) in [5.74, 6) is -5.53. The maximum Gasteiger partial charge on any atom is 0.411 e. The number of halogens is 3. The second kappa shape index (κ2) is 6.46. The Morgan fingerprint density at radius 1 is 1.18 bits per heavy atom. The van der Waals surface area contributed by atoms with Gasteiger partial charge in [-0.1, -0.05) is 0 Å². The Balaban J connectivity index is 5.06. The molecule has 0 N–H and O–H groups in total. The van der Waals surface area contributed by atoms with Gasteiger partial charge in [-0.25, -0.2) is 0 Å². The molecule has 0 radical (unpaired) electrons. The second-order valence-corrected chi connectivity index (χ2v) is 3.24. The van der Waals surface area contributed by atoms with Crippen LogP contribution in [-0.4, -0.2) is 42.6 Å². The van der Waals surface area contributed by atoms with Crippen LogP contribution in [0.4, 0.5) is 13.2 Å². The Hall–Kier alpha value is -1.27. The molecule has 1 unspecified atom stereocenters. The van der Waals surface area contributed by atoms with Crippen LogP contribution in [0.1, 0.15) is 20.8 Å². The van der Waals surface area contributed by atoms with Crippen molar-refractivity contribution >= 4 is 11.9 Å². The third kappa shape index (κ3) is 4.24. The van der Waals surface area contributed by atoms with E-state index in [1.165, 1.54) is 6.92 Å². The fraction of sp³-hybridized carbons (Fsp3) is 0.800. The van der Waals surface area contributed by atoms with Crippen molar-refractivity contribution < 1.29 is 27.5 Å². The van der Waals surface area contributed by atoms with Gasteiger partial charge in [0.25, 0.3) is 0 Å². The molecule has 0 aliphatic carbocycles. The van der Waals surface area contributed by atoms with E-state index in [0.29, 0.717) is 0 Å². The quantitative estimate of drug-likeness (QED) is 0.553. The topological polar surface area (TPSA) is 46.6 Å². The molecule has 4 nitrogen and oxygen atoms in total. The van der Waals surface area contributed by atoms with Crippen LogP contribution in [0.25, 0.3) is 0 Å². The molecular formula is C10H16F3NO3. The van der Waals surface area contributed by atoms with E-state index in [1.807, 2.05) is 0 Å². The molecule has 0 heterocycles. The smallest absolute Gasteiger partial charge is 0.411 e. The van der Waals surface area contributed by atoms with E-state index in [2.05, 4.69) is 4.74 Å². The lowest BCUT2D eigenvalue weighted by atomic mass is 10.1. The molecule has 17 heavy (non-hydrogen) atoms. The van der Waals surface area contributed by atoms with Crippen LogP contribution >= 0.6 is 0 Å². The highest BCUT2D eigenvalue weighted by molar-refractivity contribution is 5.98. The van der Waals surface area contributed by atoms with Crippen molar-refractivity contribution in [3.8, 4) is 0 Å². The summed E-state index contributed by atoms with van der Waals surface area (Å²) >= 11 is 0. The van der Waals surface area contributed by atoms with Crippen LogP contribution in [-0.2, 0) is 14.3 Å². The van der Waals surface area contributed by atoms with Gasteiger partial charge in [-0.15, -0.1) is 0 Å². The average molecular weight is 255 g/mol. The minimum atomic E-state index is -4.92. The van der Waals surface area contributed by atoms with Crippen LogP contribution in [0.2, 0.25) is 0 Å². The van der Waals surface area contributed by atoms with Gasteiger partial charge in [-0.05, 0) is 20.8 Å². The number of hydrogen-bond donors (Lipinski definition) is 0. The number of carbonyl (C=O) groups excluding carboxylic acids is 2. The summed E-state index contributed by atoms with van der Waals surface area (Å²) in [6.45, 7) is 4.49. The average Bonchev–Trinajstić information content (AvgIpc) is 2.17. The van der Waals surface area contributed by atoms with Gasteiger partial charge in [0.05, 0.1) is 6.61 Å². The summed E-state index contributed by atoms with van der Waals surface area (Å²) in [4.78, 5) is 23.7. The van der Waals surface area contributed by atoms with Gasteiger partial charge in [0.15, 0.2) is 0 Å². The van der Waals surface area contributed by atoms with E-state index < -0.39 is 24.0 Å². The fourth-order valence-corrected chi connectivity index (χ4v) is 1.32. The molecule has 0 saturated heterocycles. The van der Waals surface area contributed by atoms with Gasteiger partial charge >= 0.3 is 12.1 Å². The molecule has 0 fully saturated rings. The first-order valence-corrected chi connectivity index (χ1v) is 5.31. The lowest BCUT2D eigenvalue weighted by molar-refractivity contribution is -0.202. The molecule has 0 spiro atoms. The van der Waals surface area contributed by atoms with Crippen LogP contribution < -0.4 is 0 Å². The van der Waals surface area contributed by atoms with Crippen molar-refractivity contribution in [1.82, 2.24) is 4.90 Å². The molecule has 0 aliphatic heterocycles. The Morgan fingerprint density at radius 3 is 1.94 bits per heavy atom. The van der Waals surface area contributed by atoms with Gasteiger partial charge < -0.3 is 9.64 Å². The summed E-state index contributed by atoms with van der Waals surface area (Å²) in [5.41, 5.74) is 0. The molecule has 0 bridgehead atoms. The highest BCUT2D eigenvalue weighted by atomic mass is 19.4. The number of amides is 1. The van der Waals surface area contributed by atoms with Gasteiger partial charge in [-0.3, -0.25) is 9.59 Å². The van der Waals surface area contributed by atoms with Crippen molar-refractivity contribution in [2.24, 2.45) is 5.92 Å². The SMILES string of the molecule is CCOC(=O)C(C(=O)N(CC)CC)C(F)(F)F. The van der Waals surface area contributed by atoms with Gasteiger partial charge in [0.1, 0.15) is 0 Å². The maximum atomic E-state index is 12.6. The van der Waals surface area contributed by atoms with Crippen LogP contribution in [0, 0.1) is 5.92 Å². The zero-order valence-electron chi connectivity index (χ0n) is 10.0. The predicted molar refractivity (Wildman–Crippen MR) is 54.1 cm³/mol. The third-order valence-electron chi connectivity index (χ3n) is 2.17. The fourth-order valence-electron chi connectivity index (χ4n) is 1.32. The highest BCUT2D eigenvalue weighted by Crippen LogP contribution is 2.29. The van der Waals surface area contributed by atoms with Crippen molar-refractivity contribution in [2.45, 2.75) is 26.9 Å². The van der Waals surface area contributed by atoms with E-state index in [1.54, 1.807) is 13.8 Å². The molecule has 0 aliphatic rings. The van der Waals surface area contributed by atoms with Crippen molar-refractivity contribution in [2.75, 3.05) is 19.7 Å². The number of nitrogens with zero attached hydrogens (tertiary/aromatic N) is 1. The van der Waals surface area contributed by atoms with Crippen molar-refractivity contribution in [1.29, 1.82) is 0 Å². The molecular weight excluding hydrogens is 239 g/mol. The monoisotopic (exact) mass is 255 g/mol. The zero-order chi connectivity index (χ0) is 13.6. The summed E-state index contributed by atoms with van der Waals surface area (Å²) in [6, 6.07) is 0. The summed E-state index contributed by atoms with van der Waals surface area (Å²) in [6.07, 6.45) is -4.92. The normalized spacial score (nSPS) is 13.1. The second-order valence-electron chi connectivity index (χ2n) is 3.24. The molecule has 0 rings (SSSR count). The summed E-state index contributed by atoms with van der Waals surface area (Å²) in [7, 11) is 0. The number of carbonyl (C=O) groups is 2. The molecule has 1 atom stereocenters. The summed E-state index contributed by atoms with van der Waals surface area (Å²) in [5, 5.41) is 0. The Bertz CT molecular complexity index is 274. The predicted octanol–water partition coefficient (Wildman–Crippen LogP) is 1.60. The van der Waals surface area contributed by atoms with Crippen molar-refractivity contribution in [3.63, 3.8) is 0 Å². The first-order valence-electron chi connectivity index (χ1n) is 5.31. The Kier molecular flexibility index (Phi) is 5.98. The number of ether oxygens (including phenoxy) is 1. The van der Waals surface area contributed by atoms with E-state index >= 15 is 0 Å². The van der Waals surface area contributed by atoms with Crippen LogP contribution in [0.15, 0.2) is 0 Å². The van der Waals surface area contributed by atoms with E-state index in [4.69, 9.17) is 0 Å². The van der Waals surface area contributed by atoms with Gasteiger partial charge in [-0.2, -0.15) is 13.2 Å². The number of esters is 1. The minimum Gasteiger partial charge on any atom is -0.465 e. The molecule has 0 aromatic rings. The lowest BCUT2D eigenvalue weighted by Crippen LogP contribution is -2.47. The molecule has 0 aromatic heterocycles. The van der Waals surface area contributed by atoms with Gasteiger partial charge in [0.2, 0.25) is 11.8 Å². The Labute approximate surface area is 97.7 Å². The minimum absolute atomic E-state index is 0.112. The Morgan fingerprint density at radius 2 is 1.65 bits per heavy atom. The molecule has 0 aromatic carbocycles. The maximum absolute atomic E-state index is 12.6. The third-order valence-corrected chi connectivity index (χ3v) is 2.17. The first kappa shape index (κ1) is 15.7. The van der Waals surface area contributed by atoms with Crippen LogP contribution in [0.3, 0.4) is 0 Å². The van der Waals surface area contributed by atoms with Crippen LogP contribution in [0.5, 0.6) is 0 Å². The zero-order valence-corrected chi connectivity index (χ0v) is 10.0. The lowest BCUT2D eigenvalue weighted by Gasteiger charge is -2.25. The largest absolute Gasteiger partial charge is 0.465 e. The van der Waals surface area contributed by atoms with Crippen molar-refractivity contribution in [3.05, 3.63) is 0 Å². The number of hydrogen-bond acceptors (Lipinski definition) is 3. The number of rotatable bonds is 5. The first-order chi connectivity index (χ1) is 7.79. The summed E-state index contributed by atoms with van der Waals surface area (Å²) < 4.78 is 42.2. The highest BCUT2D eigenvalue weighted by Gasteiger charge is 2.52. The number of alkyl halides is 3. The molecule has 100 valence electrons. The van der Waals surface area contributed by atoms with Gasteiger partial charge in [0, 0.05) is 13.1 Å². The molecule has 7 heteroatoms.